The molecule has 0 bridgehead atoms. The van der Waals surface area contributed by atoms with Crippen molar-refractivity contribution in [1.29, 1.82) is 0 Å². The maximum absolute atomic E-state index is 5.67. The molecule has 0 aromatic carbocycles. The van der Waals surface area contributed by atoms with Crippen LogP contribution in [-0.2, 0) is 6.54 Å². The zero-order valence-electron chi connectivity index (χ0n) is 12.0. The molecule has 0 spiro atoms. The quantitative estimate of drug-likeness (QED) is 0.812. The van der Waals surface area contributed by atoms with Crippen molar-refractivity contribution in [3.05, 3.63) is 15.2 Å². The van der Waals surface area contributed by atoms with Crippen LogP contribution in [0.25, 0.3) is 11.2 Å². The minimum absolute atomic E-state index is 0.598. The summed E-state index contributed by atoms with van der Waals surface area (Å²) in [4.78, 5) is 11.3. The molecule has 2 fully saturated rings. The van der Waals surface area contributed by atoms with E-state index in [4.69, 9.17) is 24.4 Å². The fourth-order valence-electron chi connectivity index (χ4n) is 3.38. The van der Waals surface area contributed by atoms with Gasteiger partial charge < -0.3 is 14.5 Å². The number of hydrogen-bond donors (Lipinski definition) is 2. The summed E-state index contributed by atoms with van der Waals surface area (Å²) in [5.74, 6) is 2.38. The predicted molar refractivity (Wildman–Crippen MR) is 88.7 cm³/mol. The van der Waals surface area contributed by atoms with Gasteiger partial charge in [0.1, 0.15) is 16.0 Å². The summed E-state index contributed by atoms with van der Waals surface area (Å²) in [6, 6.07) is 0. The van der Waals surface area contributed by atoms with Crippen LogP contribution < -0.4 is 0 Å². The highest BCUT2D eigenvalue weighted by Crippen LogP contribution is 2.39. The summed E-state index contributed by atoms with van der Waals surface area (Å²) in [7, 11) is 0. The molecule has 0 aliphatic heterocycles. The van der Waals surface area contributed by atoms with E-state index in [0.717, 1.165) is 28.2 Å². The van der Waals surface area contributed by atoms with E-state index in [9.17, 15) is 0 Å². The Morgan fingerprint density at radius 1 is 1.05 bits per heavy atom. The van der Waals surface area contributed by atoms with Crippen LogP contribution in [0.4, 0.5) is 0 Å². The molecule has 112 valence electrons. The van der Waals surface area contributed by atoms with E-state index in [1.54, 1.807) is 0 Å². The fourth-order valence-corrected chi connectivity index (χ4v) is 4.01. The van der Waals surface area contributed by atoms with Crippen molar-refractivity contribution in [2.75, 3.05) is 0 Å². The third-order valence-electron chi connectivity index (χ3n) is 4.78. The predicted octanol–water partition coefficient (Wildman–Crippen LogP) is 4.61. The number of imidazole rings is 1. The molecule has 21 heavy (non-hydrogen) atoms. The zero-order valence-corrected chi connectivity index (χ0v) is 13.7. The number of rotatable bonds is 3. The van der Waals surface area contributed by atoms with Crippen LogP contribution in [0.15, 0.2) is 0 Å². The Kier molecular flexibility index (Phi) is 3.46. The molecule has 4 rings (SSSR count). The van der Waals surface area contributed by atoms with Crippen LogP contribution in [0.5, 0.6) is 0 Å². The Balaban J connectivity index is 1.73. The highest BCUT2D eigenvalue weighted by atomic mass is 32.1. The Morgan fingerprint density at radius 2 is 1.81 bits per heavy atom. The third-order valence-corrected chi connectivity index (χ3v) is 5.53. The molecule has 2 heterocycles. The monoisotopic (exact) mass is 320 g/mol. The molecule has 2 saturated carbocycles. The molecule has 2 aromatic rings. The van der Waals surface area contributed by atoms with Gasteiger partial charge >= 0.3 is 0 Å². The molecule has 2 N–H and O–H groups in total. The first-order valence-corrected chi connectivity index (χ1v) is 8.77. The Hall–Kier alpha value is -1.01. The van der Waals surface area contributed by atoms with Crippen LogP contribution in [0.1, 0.15) is 56.7 Å². The van der Waals surface area contributed by atoms with Gasteiger partial charge in [-0.15, -0.1) is 0 Å². The molecule has 6 heteroatoms. The number of nitrogens with one attached hydrogen (secondary N) is 2. The molecule has 0 saturated heterocycles. The maximum atomic E-state index is 5.67. The molecule has 0 unspecified atom stereocenters. The summed E-state index contributed by atoms with van der Waals surface area (Å²) in [5.41, 5.74) is 1.78. The third kappa shape index (κ3) is 2.59. The van der Waals surface area contributed by atoms with E-state index < -0.39 is 0 Å². The minimum atomic E-state index is 0.598. The number of aromatic amines is 2. The number of aromatic nitrogens is 4. The SMILES string of the molecule is S=c1[nH]c2nc(C3CC3)[nH]c2c(=S)n1CC1CCCCC1. The van der Waals surface area contributed by atoms with Crippen molar-refractivity contribution in [1.82, 2.24) is 19.5 Å². The van der Waals surface area contributed by atoms with Gasteiger partial charge in [-0.25, -0.2) is 4.98 Å². The lowest BCUT2D eigenvalue weighted by Gasteiger charge is -2.22. The Labute approximate surface area is 134 Å². The average Bonchev–Trinajstić information content (AvgIpc) is 3.25. The van der Waals surface area contributed by atoms with Crippen molar-refractivity contribution < 1.29 is 0 Å². The molecule has 0 amide bonds. The average molecular weight is 320 g/mol. The molecular weight excluding hydrogens is 300 g/mol. The van der Waals surface area contributed by atoms with Gasteiger partial charge in [0.2, 0.25) is 0 Å². The van der Waals surface area contributed by atoms with Gasteiger partial charge in [-0.1, -0.05) is 31.5 Å². The first kappa shape index (κ1) is 13.6. The van der Waals surface area contributed by atoms with E-state index in [-0.39, 0.29) is 0 Å². The van der Waals surface area contributed by atoms with Crippen LogP contribution in [0.3, 0.4) is 0 Å². The molecular formula is C15H20N4S2. The minimum Gasteiger partial charge on any atom is -0.338 e. The topological polar surface area (TPSA) is 49.4 Å². The standard InChI is InChI=1S/C15H20N4S2/c20-14-11-13(17-12(16-11)10-6-7-10)18-15(21)19(14)8-9-4-2-1-3-5-9/h9-10H,1-8H2,(H,16,17)(H,18,21). The van der Waals surface area contributed by atoms with Gasteiger partial charge in [0.15, 0.2) is 10.4 Å². The fraction of sp³-hybridized carbons (Fsp3) is 0.667. The van der Waals surface area contributed by atoms with Crippen molar-refractivity contribution in [3.63, 3.8) is 0 Å². The largest absolute Gasteiger partial charge is 0.338 e. The van der Waals surface area contributed by atoms with Gasteiger partial charge in [0.25, 0.3) is 0 Å². The summed E-state index contributed by atoms with van der Waals surface area (Å²) in [6.45, 7) is 0.946. The van der Waals surface area contributed by atoms with E-state index in [2.05, 4.69) is 19.5 Å². The van der Waals surface area contributed by atoms with Gasteiger partial charge in [-0.05, 0) is 43.8 Å². The molecule has 2 aliphatic rings. The van der Waals surface area contributed by atoms with E-state index in [0.29, 0.717) is 16.6 Å². The molecule has 2 aromatic heterocycles. The number of hydrogen-bond acceptors (Lipinski definition) is 3. The maximum Gasteiger partial charge on any atom is 0.179 e. The highest BCUT2D eigenvalue weighted by Gasteiger charge is 2.27. The van der Waals surface area contributed by atoms with Crippen molar-refractivity contribution in [3.8, 4) is 0 Å². The lowest BCUT2D eigenvalue weighted by atomic mass is 9.89. The second kappa shape index (κ2) is 5.32. The first-order chi connectivity index (χ1) is 10.2. The van der Waals surface area contributed by atoms with Gasteiger partial charge in [-0.3, -0.25) is 0 Å². The van der Waals surface area contributed by atoms with E-state index in [1.165, 1.54) is 44.9 Å². The summed E-state index contributed by atoms with van der Waals surface area (Å²) in [6.07, 6.45) is 9.11. The summed E-state index contributed by atoms with van der Waals surface area (Å²) >= 11 is 11.2. The number of H-pyrrole nitrogens is 2. The summed E-state index contributed by atoms with van der Waals surface area (Å²) < 4.78 is 3.63. The second-order valence-corrected chi connectivity index (χ2v) is 7.24. The molecule has 4 nitrogen and oxygen atoms in total. The highest BCUT2D eigenvalue weighted by molar-refractivity contribution is 7.72. The molecule has 0 radical (unpaired) electrons. The van der Waals surface area contributed by atoms with E-state index in [1.807, 2.05) is 0 Å². The second-order valence-electron chi connectivity index (χ2n) is 6.47. The summed E-state index contributed by atoms with van der Waals surface area (Å²) in [5, 5.41) is 0. The normalized spacial score (nSPS) is 20.2. The van der Waals surface area contributed by atoms with Crippen molar-refractivity contribution >= 4 is 35.6 Å². The van der Waals surface area contributed by atoms with Crippen LogP contribution in [0, 0.1) is 15.3 Å². The molecule has 0 atom stereocenters. The lowest BCUT2D eigenvalue weighted by Crippen LogP contribution is -2.16. The van der Waals surface area contributed by atoms with Gasteiger partial charge in [0.05, 0.1) is 0 Å². The lowest BCUT2D eigenvalue weighted by molar-refractivity contribution is 0.316. The number of fused-ring (bicyclic) bond motifs is 1. The van der Waals surface area contributed by atoms with E-state index >= 15 is 0 Å². The van der Waals surface area contributed by atoms with Crippen LogP contribution in [0.2, 0.25) is 0 Å². The van der Waals surface area contributed by atoms with Crippen molar-refractivity contribution in [2.45, 2.75) is 57.4 Å². The smallest absolute Gasteiger partial charge is 0.179 e. The van der Waals surface area contributed by atoms with Crippen molar-refractivity contribution in [2.24, 2.45) is 5.92 Å². The van der Waals surface area contributed by atoms with Crippen LogP contribution >= 0.6 is 24.4 Å². The first-order valence-electron chi connectivity index (χ1n) is 7.95. The molecule has 2 aliphatic carbocycles. The van der Waals surface area contributed by atoms with Gasteiger partial charge in [-0.2, -0.15) is 0 Å². The Morgan fingerprint density at radius 3 is 2.52 bits per heavy atom. The Bertz CT molecular complexity index is 775. The van der Waals surface area contributed by atoms with Gasteiger partial charge in [0, 0.05) is 12.5 Å². The zero-order chi connectivity index (χ0) is 14.4. The number of nitrogens with zero attached hydrogens (tertiary/aromatic N) is 2. The van der Waals surface area contributed by atoms with Crippen LogP contribution in [-0.4, -0.2) is 19.5 Å².